The zero-order valence-corrected chi connectivity index (χ0v) is 16.5. The van der Waals surface area contributed by atoms with Gasteiger partial charge in [-0.2, -0.15) is 0 Å². The highest BCUT2D eigenvalue weighted by atomic mass is 32.1. The van der Waals surface area contributed by atoms with Gasteiger partial charge in [0.25, 0.3) is 5.91 Å². The van der Waals surface area contributed by atoms with Gasteiger partial charge in [0.2, 0.25) is 5.13 Å². The van der Waals surface area contributed by atoms with Crippen LogP contribution in [0.15, 0.2) is 29.6 Å². The summed E-state index contributed by atoms with van der Waals surface area (Å²) in [7, 11) is 0. The van der Waals surface area contributed by atoms with Gasteiger partial charge in [-0.1, -0.05) is 25.2 Å². The zero-order chi connectivity index (χ0) is 18.5. The Kier molecular flexibility index (Phi) is 5.95. The maximum atomic E-state index is 12.3. The van der Waals surface area contributed by atoms with Crippen LogP contribution < -0.4 is 10.1 Å². The topological polar surface area (TPSA) is 77.0 Å². The van der Waals surface area contributed by atoms with E-state index < -0.39 is 0 Å². The number of nitrogens with one attached hydrogen (secondary N) is 1. The van der Waals surface area contributed by atoms with Crippen molar-refractivity contribution in [3.05, 3.63) is 50.9 Å². The predicted octanol–water partition coefficient (Wildman–Crippen LogP) is 4.33. The summed E-state index contributed by atoms with van der Waals surface area (Å²) in [5.41, 5.74) is 1.45. The van der Waals surface area contributed by atoms with Crippen LogP contribution >= 0.6 is 22.7 Å². The zero-order valence-electron chi connectivity index (χ0n) is 14.9. The number of hydrogen-bond acceptors (Lipinski definition) is 7. The maximum Gasteiger partial charge on any atom is 0.257 e. The van der Waals surface area contributed by atoms with E-state index in [0.29, 0.717) is 29.0 Å². The fourth-order valence-corrected chi connectivity index (χ4v) is 3.78. The molecular weight excluding hydrogens is 368 g/mol. The molecule has 0 spiro atoms. The number of carbonyl (C=O) groups excluding carboxylic acids is 1. The van der Waals surface area contributed by atoms with Crippen LogP contribution in [0.3, 0.4) is 0 Å². The lowest BCUT2D eigenvalue weighted by Gasteiger charge is -2.06. The molecule has 3 aromatic rings. The third-order valence-electron chi connectivity index (χ3n) is 3.44. The van der Waals surface area contributed by atoms with Crippen molar-refractivity contribution in [2.45, 2.75) is 33.8 Å². The number of hydrogen-bond donors (Lipinski definition) is 1. The third-order valence-corrected chi connectivity index (χ3v) is 5.12. The maximum absolute atomic E-state index is 12.3. The van der Waals surface area contributed by atoms with E-state index in [-0.39, 0.29) is 5.91 Å². The highest BCUT2D eigenvalue weighted by molar-refractivity contribution is 7.15. The molecular formula is C18H20N4O2S2. The van der Waals surface area contributed by atoms with E-state index in [4.69, 9.17) is 4.74 Å². The van der Waals surface area contributed by atoms with Gasteiger partial charge in [-0.3, -0.25) is 10.1 Å². The van der Waals surface area contributed by atoms with Gasteiger partial charge < -0.3 is 4.74 Å². The van der Waals surface area contributed by atoms with E-state index in [0.717, 1.165) is 22.1 Å². The van der Waals surface area contributed by atoms with E-state index in [9.17, 15) is 4.79 Å². The average Bonchev–Trinajstić information content (AvgIpc) is 3.21. The van der Waals surface area contributed by atoms with Gasteiger partial charge in [0.05, 0.1) is 10.7 Å². The smallest absolute Gasteiger partial charge is 0.257 e. The second-order valence-corrected chi connectivity index (χ2v) is 8.35. The molecule has 0 aliphatic carbocycles. The fourth-order valence-electron chi connectivity index (χ4n) is 2.24. The Bertz CT molecular complexity index is 871. The molecule has 0 aliphatic heterocycles. The number of anilines is 1. The molecule has 6 nitrogen and oxygen atoms in total. The summed E-state index contributed by atoms with van der Waals surface area (Å²) in [6, 6.07) is 7.01. The molecule has 8 heteroatoms. The summed E-state index contributed by atoms with van der Waals surface area (Å²) < 4.78 is 5.69. The summed E-state index contributed by atoms with van der Waals surface area (Å²) in [6.45, 7) is 6.63. The predicted molar refractivity (Wildman–Crippen MR) is 104 cm³/mol. The number of aromatic nitrogens is 3. The van der Waals surface area contributed by atoms with Gasteiger partial charge in [-0.15, -0.1) is 21.5 Å². The first-order chi connectivity index (χ1) is 12.5. The van der Waals surface area contributed by atoms with Gasteiger partial charge in [-0.05, 0) is 37.1 Å². The Hall–Kier alpha value is -2.32. The van der Waals surface area contributed by atoms with Crippen LogP contribution in [-0.4, -0.2) is 21.1 Å². The number of carbonyl (C=O) groups is 1. The lowest BCUT2D eigenvalue weighted by molar-refractivity contribution is 0.102. The van der Waals surface area contributed by atoms with Crippen molar-refractivity contribution in [2.24, 2.45) is 5.92 Å². The van der Waals surface area contributed by atoms with Crippen molar-refractivity contribution in [2.75, 3.05) is 5.32 Å². The second kappa shape index (κ2) is 8.37. The Morgan fingerprint density at radius 2 is 2.00 bits per heavy atom. The Labute approximate surface area is 160 Å². The molecule has 3 rings (SSSR count). The molecule has 1 amide bonds. The number of benzene rings is 1. The van der Waals surface area contributed by atoms with E-state index in [1.807, 2.05) is 12.3 Å². The number of amides is 1. The molecule has 0 fully saturated rings. The van der Waals surface area contributed by atoms with E-state index >= 15 is 0 Å². The van der Waals surface area contributed by atoms with Gasteiger partial charge in [0.15, 0.2) is 0 Å². The normalized spacial score (nSPS) is 10.9. The van der Waals surface area contributed by atoms with Gasteiger partial charge in [0, 0.05) is 17.4 Å². The molecule has 136 valence electrons. The largest absolute Gasteiger partial charge is 0.487 e. The molecule has 0 radical (unpaired) electrons. The molecule has 2 aromatic heterocycles. The summed E-state index contributed by atoms with van der Waals surface area (Å²) >= 11 is 3.01. The van der Waals surface area contributed by atoms with Gasteiger partial charge in [0.1, 0.15) is 17.4 Å². The number of aryl methyl sites for hydroxylation is 1. The van der Waals surface area contributed by atoms with Crippen molar-refractivity contribution in [3.8, 4) is 5.75 Å². The fraction of sp³-hybridized carbons (Fsp3) is 0.333. The van der Waals surface area contributed by atoms with Crippen molar-refractivity contribution in [3.63, 3.8) is 0 Å². The second-order valence-electron chi connectivity index (χ2n) is 6.22. The summed E-state index contributed by atoms with van der Waals surface area (Å²) in [5, 5.41) is 15.4. The Morgan fingerprint density at radius 1 is 1.23 bits per heavy atom. The molecule has 0 bridgehead atoms. The van der Waals surface area contributed by atoms with Crippen LogP contribution in [0.25, 0.3) is 0 Å². The van der Waals surface area contributed by atoms with Gasteiger partial charge in [-0.25, -0.2) is 4.98 Å². The third kappa shape index (κ3) is 5.09. The van der Waals surface area contributed by atoms with E-state index in [1.165, 1.54) is 11.3 Å². The number of nitrogens with zero attached hydrogens (tertiary/aromatic N) is 3. The summed E-state index contributed by atoms with van der Waals surface area (Å²) in [5.74, 6) is 0.994. The molecule has 1 aromatic carbocycles. The molecule has 0 saturated heterocycles. The van der Waals surface area contributed by atoms with Crippen molar-refractivity contribution >= 4 is 33.7 Å². The van der Waals surface area contributed by atoms with Crippen LogP contribution in [0.4, 0.5) is 5.13 Å². The minimum Gasteiger partial charge on any atom is -0.487 e. The summed E-state index contributed by atoms with van der Waals surface area (Å²) in [6.07, 6.45) is 0.859. The number of ether oxygens (including phenoxy) is 1. The molecule has 0 aliphatic rings. The standard InChI is InChI=1S/C18H20N4O2S2/c1-11(2)8-16-21-22-18(26-16)20-17(23)13-4-6-15(7-5-13)24-9-14-10-25-12(3)19-14/h4-7,10-11H,8-9H2,1-3H3,(H,20,22,23). The van der Waals surface area contributed by atoms with Crippen LogP contribution in [-0.2, 0) is 13.0 Å². The van der Waals surface area contributed by atoms with Gasteiger partial charge >= 0.3 is 0 Å². The minimum absolute atomic E-state index is 0.209. The number of thiazole rings is 1. The van der Waals surface area contributed by atoms with Crippen LogP contribution in [0, 0.1) is 12.8 Å². The van der Waals surface area contributed by atoms with Crippen LogP contribution in [0.2, 0.25) is 0 Å². The number of rotatable bonds is 7. The Morgan fingerprint density at radius 3 is 2.65 bits per heavy atom. The first-order valence-corrected chi connectivity index (χ1v) is 9.97. The molecule has 0 atom stereocenters. The van der Waals surface area contributed by atoms with E-state index in [1.54, 1.807) is 35.6 Å². The highest BCUT2D eigenvalue weighted by Gasteiger charge is 2.11. The van der Waals surface area contributed by atoms with Crippen LogP contribution in [0.1, 0.15) is 39.9 Å². The van der Waals surface area contributed by atoms with Crippen LogP contribution in [0.5, 0.6) is 5.75 Å². The quantitative estimate of drug-likeness (QED) is 0.652. The first kappa shape index (κ1) is 18.5. The monoisotopic (exact) mass is 388 g/mol. The lowest BCUT2D eigenvalue weighted by atomic mass is 10.1. The minimum atomic E-state index is -0.209. The molecule has 26 heavy (non-hydrogen) atoms. The molecule has 1 N–H and O–H groups in total. The van der Waals surface area contributed by atoms with Crippen molar-refractivity contribution in [1.82, 2.24) is 15.2 Å². The van der Waals surface area contributed by atoms with Crippen molar-refractivity contribution < 1.29 is 9.53 Å². The SMILES string of the molecule is Cc1nc(COc2ccc(C(=O)Nc3nnc(CC(C)C)s3)cc2)cs1. The van der Waals surface area contributed by atoms with E-state index in [2.05, 4.69) is 34.3 Å². The molecule has 0 unspecified atom stereocenters. The highest BCUT2D eigenvalue weighted by Crippen LogP contribution is 2.20. The summed E-state index contributed by atoms with van der Waals surface area (Å²) in [4.78, 5) is 16.7. The van der Waals surface area contributed by atoms with Crippen molar-refractivity contribution in [1.29, 1.82) is 0 Å². The Balaban J connectivity index is 1.55. The molecule has 0 saturated carbocycles. The molecule has 2 heterocycles. The first-order valence-electron chi connectivity index (χ1n) is 8.27. The lowest BCUT2D eigenvalue weighted by Crippen LogP contribution is -2.11. The average molecular weight is 389 g/mol.